The largest absolute Gasteiger partial charge is 0.327 e. The number of piperidine rings is 1. The number of nitrogens with zero attached hydrogens (tertiary/aromatic N) is 3. The lowest BCUT2D eigenvalue weighted by molar-refractivity contribution is 0.201. The van der Waals surface area contributed by atoms with Crippen LogP contribution in [0.4, 0.5) is 16.2 Å². The van der Waals surface area contributed by atoms with E-state index in [0.717, 1.165) is 71.9 Å². The van der Waals surface area contributed by atoms with Gasteiger partial charge >= 0.3 is 6.03 Å². The van der Waals surface area contributed by atoms with Crippen molar-refractivity contribution in [3.05, 3.63) is 96.6 Å². The highest BCUT2D eigenvalue weighted by atomic mass is 16.2. The molecule has 36 heavy (non-hydrogen) atoms. The van der Waals surface area contributed by atoms with Crippen LogP contribution in [-0.2, 0) is 6.54 Å². The van der Waals surface area contributed by atoms with E-state index >= 15 is 0 Å². The molecule has 1 aliphatic heterocycles. The number of aryl methyl sites for hydroxylation is 1. The third-order valence-electron chi connectivity index (χ3n) is 6.44. The quantitative estimate of drug-likeness (QED) is 0.344. The minimum atomic E-state index is -0.285. The molecule has 1 fully saturated rings. The van der Waals surface area contributed by atoms with Crippen LogP contribution >= 0.6 is 0 Å². The molecule has 0 saturated carbocycles. The third-order valence-corrected chi connectivity index (χ3v) is 6.44. The van der Waals surface area contributed by atoms with Gasteiger partial charge in [0, 0.05) is 42.4 Å². The van der Waals surface area contributed by atoms with Crippen molar-refractivity contribution in [1.82, 2.24) is 14.5 Å². The van der Waals surface area contributed by atoms with Crippen LogP contribution in [0.15, 0.2) is 85.3 Å². The maximum absolute atomic E-state index is 12.9. The summed E-state index contributed by atoms with van der Waals surface area (Å²) in [7, 11) is 0. The average Bonchev–Trinajstić information content (AvgIpc) is 3.31. The molecule has 5 rings (SSSR count). The first kappa shape index (κ1) is 23.8. The standard InChI is InChI=1S/C29H32N6O/c1-21-17-35(20-31-21)28-15-22(18-34-13-5-8-25(30)19-34)14-27(16-28)33-29(36)32-26-11-9-24(10-12-26)23-6-3-2-4-7-23/h2-4,6-7,9-12,14-17,20,25H,5,8,13,18-19,30H2,1H3,(H2,32,33,36)/t25-/m0/s1. The molecule has 184 valence electrons. The zero-order valence-electron chi connectivity index (χ0n) is 20.5. The molecule has 1 atom stereocenters. The molecule has 0 radical (unpaired) electrons. The van der Waals surface area contributed by atoms with Crippen LogP contribution in [0.3, 0.4) is 0 Å². The zero-order valence-corrected chi connectivity index (χ0v) is 20.5. The molecule has 0 spiro atoms. The smallest absolute Gasteiger partial charge is 0.323 e. The van der Waals surface area contributed by atoms with Gasteiger partial charge in [0.05, 0.1) is 12.0 Å². The number of nitrogens with two attached hydrogens (primary N) is 1. The predicted octanol–water partition coefficient (Wildman–Crippen LogP) is 5.41. The Bertz CT molecular complexity index is 1320. The molecule has 1 saturated heterocycles. The van der Waals surface area contributed by atoms with Gasteiger partial charge in [-0.25, -0.2) is 9.78 Å². The highest BCUT2D eigenvalue weighted by Crippen LogP contribution is 2.23. The fraction of sp³-hybridized carbons (Fsp3) is 0.241. The van der Waals surface area contributed by atoms with Crippen LogP contribution in [0.5, 0.6) is 0 Å². The molecule has 2 heterocycles. The summed E-state index contributed by atoms with van der Waals surface area (Å²) in [5, 5.41) is 5.96. The maximum atomic E-state index is 12.9. The van der Waals surface area contributed by atoms with Crippen molar-refractivity contribution < 1.29 is 4.79 Å². The van der Waals surface area contributed by atoms with Crippen molar-refractivity contribution in [2.24, 2.45) is 5.73 Å². The van der Waals surface area contributed by atoms with Gasteiger partial charge in [0.1, 0.15) is 0 Å². The van der Waals surface area contributed by atoms with Crippen molar-refractivity contribution in [2.75, 3.05) is 23.7 Å². The Morgan fingerprint density at radius 3 is 2.47 bits per heavy atom. The lowest BCUT2D eigenvalue weighted by atomic mass is 10.1. The minimum Gasteiger partial charge on any atom is -0.327 e. The summed E-state index contributed by atoms with van der Waals surface area (Å²) in [6.45, 7) is 4.67. The molecule has 7 nitrogen and oxygen atoms in total. The van der Waals surface area contributed by atoms with Crippen molar-refractivity contribution in [3.63, 3.8) is 0 Å². The summed E-state index contributed by atoms with van der Waals surface area (Å²) < 4.78 is 1.98. The number of carbonyl (C=O) groups is 1. The van der Waals surface area contributed by atoms with Gasteiger partial charge in [-0.05, 0) is 73.3 Å². The summed E-state index contributed by atoms with van der Waals surface area (Å²) >= 11 is 0. The average molecular weight is 481 g/mol. The molecular weight excluding hydrogens is 448 g/mol. The van der Waals surface area contributed by atoms with Crippen LogP contribution < -0.4 is 16.4 Å². The number of hydrogen-bond donors (Lipinski definition) is 3. The van der Waals surface area contributed by atoms with Crippen molar-refractivity contribution in [1.29, 1.82) is 0 Å². The lowest BCUT2D eigenvalue weighted by Crippen LogP contribution is -2.42. The Kier molecular flexibility index (Phi) is 7.11. The first-order valence-electron chi connectivity index (χ1n) is 12.4. The first-order valence-corrected chi connectivity index (χ1v) is 12.4. The molecule has 7 heteroatoms. The molecule has 0 bridgehead atoms. The molecule has 2 amide bonds. The number of rotatable bonds is 6. The first-order chi connectivity index (χ1) is 17.5. The number of aromatic nitrogens is 2. The summed E-state index contributed by atoms with van der Waals surface area (Å²) in [4.78, 5) is 19.6. The van der Waals surface area contributed by atoms with E-state index in [1.807, 2.05) is 72.3 Å². The van der Waals surface area contributed by atoms with E-state index < -0.39 is 0 Å². The number of anilines is 2. The van der Waals surface area contributed by atoms with E-state index in [-0.39, 0.29) is 12.1 Å². The van der Waals surface area contributed by atoms with Crippen molar-refractivity contribution in [2.45, 2.75) is 32.4 Å². The van der Waals surface area contributed by atoms with Crippen LogP contribution in [0, 0.1) is 6.92 Å². The fourth-order valence-corrected chi connectivity index (χ4v) is 4.71. The second-order valence-electron chi connectivity index (χ2n) is 9.47. The van der Waals surface area contributed by atoms with Gasteiger partial charge in [0.15, 0.2) is 0 Å². The normalized spacial score (nSPS) is 16.0. The van der Waals surface area contributed by atoms with Crippen LogP contribution in [0.1, 0.15) is 24.1 Å². The van der Waals surface area contributed by atoms with Crippen LogP contribution in [0.2, 0.25) is 0 Å². The van der Waals surface area contributed by atoms with E-state index in [1.165, 1.54) is 0 Å². The van der Waals surface area contributed by atoms with E-state index in [4.69, 9.17) is 5.73 Å². The molecule has 0 unspecified atom stereocenters. The van der Waals surface area contributed by atoms with Gasteiger partial charge < -0.3 is 20.9 Å². The topological polar surface area (TPSA) is 88.2 Å². The third kappa shape index (κ3) is 6.00. The molecule has 1 aliphatic rings. The Labute approximate surface area is 212 Å². The van der Waals surface area contributed by atoms with Gasteiger partial charge in [-0.3, -0.25) is 4.90 Å². The number of urea groups is 1. The summed E-state index contributed by atoms with van der Waals surface area (Å²) in [5.74, 6) is 0. The SMILES string of the molecule is Cc1cn(-c2cc(CN3CCC[C@H](N)C3)cc(NC(=O)Nc3ccc(-c4ccccc4)cc3)c2)cn1. The number of carbonyl (C=O) groups excluding carboxylic acids is 1. The molecular formula is C29H32N6O. The van der Waals surface area contributed by atoms with Crippen molar-refractivity contribution in [3.8, 4) is 16.8 Å². The van der Waals surface area contributed by atoms with Crippen molar-refractivity contribution >= 4 is 17.4 Å². The van der Waals surface area contributed by atoms with Gasteiger partial charge in [-0.2, -0.15) is 0 Å². The Balaban J connectivity index is 1.31. The minimum absolute atomic E-state index is 0.217. The van der Waals surface area contributed by atoms with Gasteiger partial charge in [0.25, 0.3) is 0 Å². The molecule has 1 aromatic heterocycles. The number of likely N-dealkylation sites (tertiary alicyclic amines) is 1. The van der Waals surface area contributed by atoms with Crippen LogP contribution in [0.25, 0.3) is 16.8 Å². The second-order valence-corrected chi connectivity index (χ2v) is 9.47. The number of nitrogens with one attached hydrogen (secondary N) is 2. The lowest BCUT2D eigenvalue weighted by Gasteiger charge is -2.30. The van der Waals surface area contributed by atoms with E-state index in [9.17, 15) is 4.79 Å². The Hall–Kier alpha value is -3.94. The molecule has 4 N–H and O–H groups in total. The van der Waals surface area contributed by atoms with E-state index in [2.05, 4.69) is 38.7 Å². The van der Waals surface area contributed by atoms with Crippen LogP contribution in [-0.4, -0.2) is 39.6 Å². The number of amides is 2. The van der Waals surface area contributed by atoms with E-state index in [1.54, 1.807) is 6.33 Å². The van der Waals surface area contributed by atoms with E-state index in [0.29, 0.717) is 0 Å². The second kappa shape index (κ2) is 10.8. The highest BCUT2D eigenvalue weighted by Gasteiger charge is 2.17. The zero-order chi connectivity index (χ0) is 24.9. The summed E-state index contributed by atoms with van der Waals surface area (Å²) in [6.07, 6.45) is 5.96. The summed E-state index contributed by atoms with van der Waals surface area (Å²) in [5.41, 5.74) is 12.9. The number of benzene rings is 3. The molecule has 0 aliphatic carbocycles. The molecule has 4 aromatic rings. The monoisotopic (exact) mass is 480 g/mol. The highest BCUT2D eigenvalue weighted by molar-refractivity contribution is 6.00. The van der Waals surface area contributed by atoms with Gasteiger partial charge in [0.2, 0.25) is 0 Å². The fourth-order valence-electron chi connectivity index (χ4n) is 4.71. The Morgan fingerprint density at radius 1 is 1.00 bits per heavy atom. The predicted molar refractivity (Wildman–Crippen MR) is 145 cm³/mol. The number of hydrogen-bond acceptors (Lipinski definition) is 4. The van der Waals surface area contributed by atoms with Gasteiger partial charge in [-0.15, -0.1) is 0 Å². The Morgan fingerprint density at radius 2 is 1.75 bits per heavy atom. The maximum Gasteiger partial charge on any atom is 0.323 e. The summed E-state index contributed by atoms with van der Waals surface area (Å²) in [6, 6.07) is 24.1. The molecule has 3 aromatic carbocycles. The van der Waals surface area contributed by atoms with Gasteiger partial charge in [-0.1, -0.05) is 42.5 Å². The number of imidazole rings is 1.